The molecule has 0 radical (unpaired) electrons. The summed E-state index contributed by atoms with van der Waals surface area (Å²) >= 11 is 1.61. The van der Waals surface area contributed by atoms with Gasteiger partial charge in [-0.3, -0.25) is 9.88 Å². The van der Waals surface area contributed by atoms with Gasteiger partial charge in [-0.2, -0.15) is 0 Å². The maximum atomic E-state index is 12.5. The van der Waals surface area contributed by atoms with Crippen molar-refractivity contribution in [2.45, 2.75) is 44.2 Å². The molecule has 2 fully saturated rings. The zero-order chi connectivity index (χ0) is 21.3. The largest absolute Gasteiger partial charge is 0.441 e. The normalized spacial score (nSPS) is 22.8. The Hall–Kier alpha value is -2.42. The molecule has 33 heavy (non-hydrogen) atoms. The lowest BCUT2D eigenvalue weighted by molar-refractivity contribution is 0.0117. The summed E-state index contributed by atoms with van der Waals surface area (Å²) in [5, 5.41) is 6.53. The maximum absolute atomic E-state index is 12.5. The third-order valence-electron chi connectivity index (χ3n) is 6.33. The summed E-state index contributed by atoms with van der Waals surface area (Å²) in [6.07, 6.45) is 6.97. The van der Waals surface area contributed by atoms with E-state index in [0.717, 1.165) is 42.2 Å². The van der Waals surface area contributed by atoms with E-state index in [4.69, 9.17) is 9.72 Å². The van der Waals surface area contributed by atoms with E-state index in [2.05, 4.69) is 22.2 Å². The molecular weight excluding hydrogens is 481 g/mol. The average Bonchev–Trinajstić information content (AvgIpc) is 3.40. The highest BCUT2D eigenvalue weighted by Gasteiger charge is 2.48. The summed E-state index contributed by atoms with van der Waals surface area (Å²) in [6, 6.07) is 11.7. The number of carbonyl (C=O) groups is 1. The fourth-order valence-corrected chi connectivity index (χ4v) is 5.33. The summed E-state index contributed by atoms with van der Waals surface area (Å²) < 4.78 is 5.86. The molecule has 0 aromatic carbocycles. The highest BCUT2D eigenvalue weighted by molar-refractivity contribution is 7.14. The molecule has 7 nitrogen and oxygen atoms in total. The lowest BCUT2D eigenvalue weighted by Crippen LogP contribution is -2.41. The van der Waals surface area contributed by atoms with Crippen LogP contribution in [0.1, 0.15) is 32.6 Å². The molecule has 2 aliphatic rings. The SMILES string of the molecule is CC(Nc1nc(-c2ccccn2)cs1)C1CCC2(CC1)CN(c1ccccn1)C(=O)O2.Cl.Cl. The van der Waals surface area contributed by atoms with Crippen molar-refractivity contribution in [1.29, 1.82) is 0 Å². The van der Waals surface area contributed by atoms with Crippen LogP contribution in [-0.2, 0) is 4.74 Å². The number of amides is 1. The van der Waals surface area contributed by atoms with Gasteiger partial charge in [0.15, 0.2) is 5.13 Å². The van der Waals surface area contributed by atoms with Crippen molar-refractivity contribution >= 4 is 53.2 Å². The molecule has 1 unspecified atom stereocenters. The Balaban J connectivity index is 0.00000153. The van der Waals surface area contributed by atoms with Crippen LogP contribution in [0.4, 0.5) is 15.7 Å². The van der Waals surface area contributed by atoms with Crippen LogP contribution in [0.25, 0.3) is 11.4 Å². The standard InChI is InChI=1S/C23H25N5O2S.2ClH/c1-16(26-21-27-19(14-31-21)18-6-2-4-12-24-18)17-8-10-23(11-9-17)15-28(22(29)30-23)20-7-3-5-13-25-20;;/h2-7,12-14,16-17H,8-11,15H2,1H3,(H,26,27);2*1H. The Morgan fingerprint density at radius 2 is 1.82 bits per heavy atom. The van der Waals surface area contributed by atoms with E-state index in [1.54, 1.807) is 28.6 Å². The molecule has 0 bridgehead atoms. The fraction of sp³-hybridized carbons (Fsp3) is 0.391. The molecule has 1 aliphatic carbocycles. The molecule has 5 rings (SSSR count). The van der Waals surface area contributed by atoms with Crippen molar-refractivity contribution in [1.82, 2.24) is 15.0 Å². The van der Waals surface area contributed by atoms with Crippen LogP contribution in [0.15, 0.2) is 54.2 Å². The highest BCUT2D eigenvalue weighted by atomic mass is 35.5. The topological polar surface area (TPSA) is 80.2 Å². The van der Waals surface area contributed by atoms with Crippen LogP contribution in [0.2, 0.25) is 0 Å². The third kappa shape index (κ3) is 5.39. The minimum Gasteiger partial charge on any atom is -0.441 e. The minimum absolute atomic E-state index is 0. The van der Waals surface area contributed by atoms with Gasteiger partial charge < -0.3 is 10.1 Å². The van der Waals surface area contributed by atoms with Gasteiger partial charge in [0.25, 0.3) is 0 Å². The fourth-order valence-electron chi connectivity index (χ4n) is 4.52. The van der Waals surface area contributed by atoms with Crippen LogP contribution in [0.5, 0.6) is 0 Å². The van der Waals surface area contributed by atoms with Gasteiger partial charge in [-0.25, -0.2) is 14.8 Å². The molecule has 1 saturated carbocycles. The molecule has 1 N–H and O–H groups in total. The summed E-state index contributed by atoms with van der Waals surface area (Å²) in [6.45, 7) is 2.79. The molecule has 1 amide bonds. The number of hydrogen-bond donors (Lipinski definition) is 1. The first-order valence-electron chi connectivity index (χ1n) is 10.7. The van der Waals surface area contributed by atoms with Crippen molar-refractivity contribution in [3.8, 4) is 11.4 Å². The van der Waals surface area contributed by atoms with Gasteiger partial charge >= 0.3 is 6.09 Å². The van der Waals surface area contributed by atoms with E-state index in [-0.39, 0.29) is 30.9 Å². The van der Waals surface area contributed by atoms with Crippen molar-refractivity contribution in [2.75, 3.05) is 16.8 Å². The lowest BCUT2D eigenvalue weighted by atomic mass is 9.76. The lowest BCUT2D eigenvalue weighted by Gasteiger charge is -2.37. The molecule has 3 aromatic heterocycles. The van der Waals surface area contributed by atoms with Crippen LogP contribution in [-0.4, -0.2) is 39.2 Å². The van der Waals surface area contributed by atoms with Gasteiger partial charge in [0.05, 0.1) is 12.2 Å². The molecule has 1 aliphatic heterocycles. The number of carbonyl (C=O) groups excluding carboxylic acids is 1. The van der Waals surface area contributed by atoms with E-state index in [1.807, 2.05) is 41.8 Å². The van der Waals surface area contributed by atoms with Crippen molar-refractivity contribution < 1.29 is 9.53 Å². The Kier molecular flexibility index (Phi) is 8.15. The van der Waals surface area contributed by atoms with Gasteiger partial charge in [0.1, 0.15) is 17.1 Å². The second-order valence-corrected chi connectivity index (χ2v) is 9.21. The Bertz CT molecular complexity index is 1050. The van der Waals surface area contributed by atoms with Gasteiger partial charge in [-0.15, -0.1) is 36.2 Å². The van der Waals surface area contributed by atoms with E-state index in [1.165, 1.54) is 0 Å². The van der Waals surface area contributed by atoms with E-state index >= 15 is 0 Å². The number of pyridine rings is 2. The van der Waals surface area contributed by atoms with Crippen molar-refractivity contribution in [2.24, 2.45) is 5.92 Å². The number of hydrogen-bond acceptors (Lipinski definition) is 7. The minimum atomic E-state index is -0.391. The zero-order valence-corrected chi connectivity index (χ0v) is 20.7. The Morgan fingerprint density at radius 3 is 2.48 bits per heavy atom. The van der Waals surface area contributed by atoms with Gasteiger partial charge in [0.2, 0.25) is 0 Å². The number of anilines is 2. The molecule has 176 valence electrons. The van der Waals surface area contributed by atoms with Gasteiger partial charge in [-0.05, 0) is 62.8 Å². The average molecular weight is 508 g/mol. The molecule has 3 aromatic rings. The number of aromatic nitrogens is 3. The van der Waals surface area contributed by atoms with Crippen molar-refractivity contribution in [3.63, 3.8) is 0 Å². The molecule has 4 heterocycles. The smallest absolute Gasteiger partial charge is 0.416 e. The summed E-state index contributed by atoms with van der Waals surface area (Å²) in [5.41, 5.74) is 1.40. The summed E-state index contributed by atoms with van der Waals surface area (Å²) in [5.74, 6) is 1.17. The summed E-state index contributed by atoms with van der Waals surface area (Å²) in [4.78, 5) is 27.5. The number of rotatable bonds is 5. The second kappa shape index (κ2) is 10.7. The number of ether oxygens (including phenoxy) is 1. The van der Waals surface area contributed by atoms with Crippen LogP contribution in [0, 0.1) is 5.92 Å². The van der Waals surface area contributed by atoms with E-state index in [0.29, 0.717) is 24.3 Å². The van der Waals surface area contributed by atoms with Crippen molar-refractivity contribution in [3.05, 3.63) is 54.2 Å². The molecule has 1 atom stereocenters. The molecule has 1 saturated heterocycles. The van der Waals surface area contributed by atoms with Gasteiger partial charge in [0, 0.05) is 23.8 Å². The molecule has 10 heteroatoms. The highest BCUT2D eigenvalue weighted by Crippen LogP contribution is 2.41. The summed E-state index contributed by atoms with van der Waals surface area (Å²) in [7, 11) is 0. The Morgan fingerprint density at radius 1 is 1.09 bits per heavy atom. The first-order chi connectivity index (χ1) is 15.1. The van der Waals surface area contributed by atoms with Crippen LogP contribution >= 0.6 is 36.2 Å². The Labute approximate surface area is 209 Å². The number of nitrogens with zero attached hydrogens (tertiary/aromatic N) is 4. The predicted octanol–water partition coefficient (Wildman–Crippen LogP) is 5.83. The molecule has 1 spiro atoms. The van der Waals surface area contributed by atoms with Crippen LogP contribution in [0.3, 0.4) is 0 Å². The quantitative estimate of drug-likeness (QED) is 0.467. The number of thiazole rings is 1. The monoisotopic (exact) mass is 507 g/mol. The number of halogens is 2. The van der Waals surface area contributed by atoms with Gasteiger partial charge in [-0.1, -0.05) is 12.1 Å². The zero-order valence-electron chi connectivity index (χ0n) is 18.2. The first-order valence-corrected chi connectivity index (χ1v) is 11.5. The maximum Gasteiger partial charge on any atom is 0.416 e. The molecular formula is C23H27Cl2N5O2S. The first kappa shape index (κ1) is 25.2. The van der Waals surface area contributed by atoms with E-state index < -0.39 is 5.60 Å². The van der Waals surface area contributed by atoms with E-state index in [9.17, 15) is 4.79 Å². The third-order valence-corrected chi connectivity index (χ3v) is 7.10. The second-order valence-electron chi connectivity index (χ2n) is 8.35. The number of nitrogens with one attached hydrogen (secondary N) is 1. The van der Waals surface area contributed by atoms with Crippen LogP contribution < -0.4 is 10.2 Å². The predicted molar refractivity (Wildman–Crippen MR) is 136 cm³/mol.